The smallest absolute Gasteiger partial charge is 0.407 e. The first-order valence-corrected chi connectivity index (χ1v) is 6.86. The molecule has 0 fully saturated rings. The Hall–Kier alpha value is -1.40. The fourth-order valence-corrected chi connectivity index (χ4v) is 2.11. The van der Waals surface area contributed by atoms with E-state index >= 15 is 0 Å². The highest BCUT2D eigenvalue weighted by Gasteiger charge is 2.42. The maximum absolute atomic E-state index is 12.7. The third-order valence-corrected chi connectivity index (χ3v) is 2.77. The first-order valence-electron chi connectivity index (χ1n) is 6.86. The number of nitrogens with one attached hydrogen (secondary N) is 1. The van der Waals surface area contributed by atoms with Crippen LogP contribution in [0.15, 0.2) is 0 Å². The van der Waals surface area contributed by atoms with Crippen molar-refractivity contribution >= 4 is 12.1 Å². The lowest BCUT2D eigenvalue weighted by Crippen LogP contribution is -2.46. The van der Waals surface area contributed by atoms with Gasteiger partial charge in [-0.3, -0.25) is 4.79 Å². The topological polar surface area (TPSA) is 75.6 Å². The lowest BCUT2D eigenvalue weighted by atomic mass is 9.77. The van der Waals surface area contributed by atoms with E-state index in [2.05, 4.69) is 5.32 Å². The molecule has 0 saturated heterocycles. The van der Waals surface area contributed by atoms with E-state index in [-0.39, 0.29) is 18.9 Å². The van der Waals surface area contributed by atoms with Crippen molar-refractivity contribution in [3.8, 4) is 0 Å². The second-order valence-corrected chi connectivity index (χ2v) is 6.63. The van der Waals surface area contributed by atoms with Crippen LogP contribution in [-0.4, -0.2) is 35.7 Å². The first-order chi connectivity index (χ1) is 9.38. The van der Waals surface area contributed by atoms with E-state index in [9.17, 15) is 23.5 Å². The quantitative estimate of drug-likeness (QED) is 0.756. The number of hydrogen-bond acceptors (Lipinski definition) is 3. The minimum Gasteiger partial charge on any atom is -0.481 e. The van der Waals surface area contributed by atoms with Gasteiger partial charge in [-0.25, -0.2) is 13.6 Å². The number of ether oxygens (including phenoxy) is 1. The molecule has 0 bridgehead atoms. The van der Waals surface area contributed by atoms with Gasteiger partial charge in [-0.1, -0.05) is 13.8 Å². The molecule has 7 heteroatoms. The Morgan fingerprint density at radius 3 is 2.05 bits per heavy atom. The van der Waals surface area contributed by atoms with Crippen molar-refractivity contribution in [2.24, 2.45) is 11.3 Å². The van der Waals surface area contributed by atoms with Gasteiger partial charge in [0.25, 0.3) is 0 Å². The highest BCUT2D eigenvalue weighted by atomic mass is 19.3. The van der Waals surface area contributed by atoms with E-state index in [1.807, 2.05) is 0 Å². The van der Waals surface area contributed by atoms with Crippen LogP contribution in [0.25, 0.3) is 0 Å². The van der Waals surface area contributed by atoms with Gasteiger partial charge in [-0.05, 0) is 33.1 Å². The number of alkyl halides is 2. The average molecular weight is 309 g/mol. The Morgan fingerprint density at radius 1 is 1.19 bits per heavy atom. The maximum atomic E-state index is 12.7. The molecule has 0 heterocycles. The molecule has 5 nitrogen and oxygen atoms in total. The third kappa shape index (κ3) is 7.82. The van der Waals surface area contributed by atoms with Crippen molar-refractivity contribution in [2.45, 2.75) is 59.5 Å². The number of carbonyl (C=O) groups is 2. The van der Waals surface area contributed by atoms with Crippen molar-refractivity contribution in [3.05, 3.63) is 0 Å². The van der Waals surface area contributed by atoms with Crippen molar-refractivity contribution in [3.63, 3.8) is 0 Å². The van der Waals surface area contributed by atoms with E-state index in [4.69, 9.17) is 4.74 Å². The summed E-state index contributed by atoms with van der Waals surface area (Å²) in [5.74, 6) is -1.44. The molecule has 0 saturated carbocycles. The Morgan fingerprint density at radius 2 is 1.71 bits per heavy atom. The van der Waals surface area contributed by atoms with Crippen LogP contribution in [0.1, 0.15) is 47.5 Å². The zero-order chi connectivity index (χ0) is 16.8. The monoisotopic (exact) mass is 309 g/mol. The predicted octanol–water partition coefficient (Wildman–Crippen LogP) is 3.28. The summed E-state index contributed by atoms with van der Waals surface area (Å²) < 4.78 is 30.4. The van der Waals surface area contributed by atoms with Crippen LogP contribution in [0, 0.1) is 11.3 Å². The van der Waals surface area contributed by atoms with Crippen LogP contribution in [0.3, 0.4) is 0 Å². The Balaban J connectivity index is 4.96. The summed E-state index contributed by atoms with van der Waals surface area (Å²) in [6, 6.07) is 0. The highest BCUT2D eigenvalue weighted by Crippen LogP contribution is 2.33. The van der Waals surface area contributed by atoms with Gasteiger partial charge in [0.2, 0.25) is 6.43 Å². The molecule has 0 aliphatic rings. The zero-order valence-electron chi connectivity index (χ0n) is 13.2. The van der Waals surface area contributed by atoms with Gasteiger partial charge in [0, 0.05) is 13.0 Å². The molecule has 0 aromatic rings. The number of carboxylic acid groups (broad SMARTS) is 1. The number of halogens is 2. The van der Waals surface area contributed by atoms with Crippen LogP contribution in [0.5, 0.6) is 0 Å². The zero-order valence-corrected chi connectivity index (χ0v) is 13.2. The molecule has 1 atom stereocenters. The van der Waals surface area contributed by atoms with Crippen LogP contribution >= 0.6 is 0 Å². The lowest BCUT2D eigenvalue weighted by molar-refractivity contribution is -0.152. The predicted molar refractivity (Wildman–Crippen MR) is 74.4 cm³/mol. The van der Waals surface area contributed by atoms with Crippen LogP contribution in [-0.2, 0) is 9.53 Å². The van der Waals surface area contributed by atoms with E-state index in [1.165, 1.54) is 0 Å². The normalized spacial score (nSPS) is 14.9. The number of hydrogen-bond donors (Lipinski definition) is 2. The number of alkyl carbamates (subject to hydrolysis) is 1. The maximum Gasteiger partial charge on any atom is 0.407 e. The molecule has 1 amide bonds. The third-order valence-electron chi connectivity index (χ3n) is 2.77. The molecular formula is C14H25F2NO4. The fourth-order valence-electron chi connectivity index (χ4n) is 2.11. The van der Waals surface area contributed by atoms with Crippen molar-refractivity contribution in [1.29, 1.82) is 0 Å². The van der Waals surface area contributed by atoms with Gasteiger partial charge in [-0.15, -0.1) is 0 Å². The lowest BCUT2D eigenvalue weighted by Gasteiger charge is -2.31. The standard InChI is InChI=1S/C14H25F2NO4/c1-9(2)6-14(11(18)19,7-10(15)16)8-17-12(20)21-13(3,4)5/h9-10H,6-8H2,1-5H3,(H,17,20)(H,18,19). The molecular weight excluding hydrogens is 284 g/mol. The van der Waals surface area contributed by atoms with Gasteiger partial charge in [0.15, 0.2) is 0 Å². The van der Waals surface area contributed by atoms with Gasteiger partial charge >= 0.3 is 12.1 Å². The Labute approximate surface area is 124 Å². The number of carboxylic acids is 1. The van der Waals surface area contributed by atoms with Crippen LogP contribution in [0.2, 0.25) is 0 Å². The molecule has 0 rings (SSSR count). The Kier molecular flexibility index (Phi) is 7.06. The number of aliphatic carboxylic acids is 1. The second-order valence-electron chi connectivity index (χ2n) is 6.63. The van der Waals surface area contributed by atoms with Crippen molar-refractivity contribution in [1.82, 2.24) is 5.32 Å². The van der Waals surface area contributed by atoms with Crippen LogP contribution in [0.4, 0.5) is 13.6 Å². The van der Waals surface area contributed by atoms with Crippen molar-refractivity contribution in [2.75, 3.05) is 6.54 Å². The summed E-state index contributed by atoms with van der Waals surface area (Å²) in [6.07, 6.45) is -4.34. The fraction of sp³-hybridized carbons (Fsp3) is 0.857. The molecule has 0 aromatic heterocycles. The Bertz CT molecular complexity index is 354. The summed E-state index contributed by atoms with van der Waals surface area (Å²) in [7, 11) is 0. The molecule has 2 N–H and O–H groups in total. The number of rotatable bonds is 7. The molecule has 0 aromatic carbocycles. The van der Waals surface area contributed by atoms with Gasteiger partial charge in [0.05, 0.1) is 5.41 Å². The molecule has 0 aliphatic heterocycles. The molecule has 0 aliphatic carbocycles. The molecule has 1 unspecified atom stereocenters. The van der Waals surface area contributed by atoms with E-state index in [0.717, 1.165) is 0 Å². The van der Waals surface area contributed by atoms with E-state index in [0.29, 0.717) is 0 Å². The molecule has 0 spiro atoms. The highest BCUT2D eigenvalue weighted by molar-refractivity contribution is 5.76. The SMILES string of the molecule is CC(C)CC(CNC(=O)OC(C)(C)C)(CC(F)F)C(=O)O. The summed E-state index contributed by atoms with van der Waals surface area (Å²) in [5.41, 5.74) is -2.43. The molecule has 21 heavy (non-hydrogen) atoms. The largest absolute Gasteiger partial charge is 0.481 e. The van der Waals surface area contributed by atoms with Crippen LogP contribution < -0.4 is 5.32 Å². The van der Waals surface area contributed by atoms with Gasteiger partial charge in [0.1, 0.15) is 5.60 Å². The summed E-state index contributed by atoms with van der Waals surface area (Å²) in [5, 5.41) is 11.6. The average Bonchev–Trinajstić information content (AvgIpc) is 2.21. The van der Waals surface area contributed by atoms with Crippen molar-refractivity contribution < 1.29 is 28.2 Å². The summed E-state index contributed by atoms with van der Waals surface area (Å²) >= 11 is 0. The minimum absolute atomic E-state index is 0.0441. The first kappa shape index (κ1) is 19.6. The molecule has 124 valence electrons. The number of amides is 1. The van der Waals surface area contributed by atoms with E-state index < -0.39 is 35.9 Å². The number of carbonyl (C=O) groups excluding carboxylic acids is 1. The summed E-state index contributed by atoms with van der Waals surface area (Å²) in [4.78, 5) is 23.1. The minimum atomic E-state index is -2.76. The van der Waals surface area contributed by atoms with Gasteiger partial charge < -0.3 is 15.2 Å². The van der Waals surface area contributed by atoms with Gasteiger partial charge in [-0.2, -0.15) is 0 Å². The van der Waals surface area contributed by atoms with E-state index in [1.54, 1.807) is 34.6 Å². The summed E-state index contributed by atoms with van der Waals surface area (Å²) in [6.45, 7) is 8.08. The second kappa shape index (κ2) is 7.56. The molecule has 0 radical (unpaired) electrons.